The van der Waals surface area contributed by atoms with Crippen molar-refractivity contribution in [3.63, 3.8) is 0 Å². The highest BCUT2D eigenvalue weighted by molar-refractivity contribution is 9.10. The standard InChI is InChI=1S/C21H19BrCl2N4OS/c1-11-3-6-17(15(23)7-11)25-18(29)10-30-21-27-26-20(22)28(21)19-12(2)8-14(9-16(19)24)13-4-5-13/h3,6-9,13H,4-5,10H2,1-2H3,(H,25,29). The van der Waals surface area contributed by atoms with Crippen LogP contribution in [0.4, 0.5) is 5.69 Å². The molecule has 1 amide bonds. The van der Waals surface area contributed by atoms with E-state index in [1.807, 2.05) is 36.6 Å². The lowest BCUT2D eigenvalue weighted by molar-refractivity contribution is -0.113. The summed E-state index contributed by atoms with van der Waals surface area (Å²) < 4.78 is 2.38. The molecule has 4 rings (SSSR count). The minimum Gasteiger partial charge on any atom is -0.324 e. The molecular formula is C21H19BrCl2N4OS. The van der Waals surface area contributed by atoms with Gasteiger partial charge in [-0.25, -0.2) is 0 Å². The summed E-state index contributed by atoms with van der Waals surface area (Å²) in [6, 6.07) is 9.71. The fourth-order valence-corrected chi connectivity index (χ4v) is 5.19. The van der Waals surface area contributed by atoms with Gasteiger partial charge in [0.05, 0.1) is 27.2 Å². The molecule has 9 heteroatoms. The number of rotatable bonds is 6. The van der Waals surface area contributed by atoms with Crippen molar-refractivity contribution >= 4 is 62.5 Å². The predicted molar refractivity (Wildman–Crippen MR) is 126 cm³/mol. The molecule has 1 heterocycles. The van der Waals surface area contributed by atoms with E-state index in [1.54, 1.807) is 6.07 Å². The number of benzene rings is 2. The molecule has 0 saturated heterocycles. The monoisotopic (exact) mass is 524 g/mol. The van der Waals surface area contributed by atoms with Crippen LogP contribution in [0.25, 0.3) is 5.69 Å². The van der Waals surface area contributed by atoms with E-state index in [-0.39, 0.29) is 11.7 Å². The summed E-state index contributed by atoms with van der Waals surface area (Å²) in [6.07, 6.45) is 2.43. The minimum atomic E-state index is -0.177. The second-order valence-corrected chi connectivity index (χ2v) is 9.82. The first-order valence-electron chi connectivity index (χ1n) is 9.43. The van der Waals surface area contributed by atoms with E-state index in [0.717, 1.165) is 16.8 Å². The number of nitrogens with zero attached hydrogens (tertiary/aromatic N) is 3. The quantitative estimate of drug-likeness (QED) is 0.370. The first-order chi connectivity index (χ1) is 14.3. The third kappa shape index (κ3) is 4.69. The van der Waals surface area contributed by atoms with Crippen LogP contribution in [0.1, 0.15) is 35.4 Å². The predicted octanol–water partition coefficient (Wildman–Crippen LogP) is 6.56. The van der Waals surface area contributed by atoms with E-state index in [4.69, 9.17) is 23.2 Å². The Morgan fingerprint density at radius 3 is 2.63 bits per heavy atom. The molecule has 1 aromatic heterocycles. The minimum absolute atomic E-state index is 0.159. The van der Waals surface area contributed by atoms with Gasteiger partial charge in [-0.1, -0.05) is 47.1 Å². The van der Waals surface area contributed by atoms with E-state index in [1.165, 1.54) is 30.2 Å². The number of aryl methyl sites for hydroxylation is 2. The average molecular weight is 526 g/mol. The maximum atomic E-state index is 12.5. The molecule has 1 aliphatic rings. The smallest absolute Gasteiger partial charge is 0.234 e. The van der Waals surface area contributed by atoms with Gasteiger partial charge in [0.1, 0.15) is 0 Å². The molecule has 1 fully saturated rings. The van der Waals surface area contributed by atoms with E-state index in [0.29, 0.717) is 31.5 Å². The summed E-state index contributed by atoms with van der Waals surface area (Å²) in [5.74, 6) is 0.598. The first kappa shape index (κ1) is 21.7. The molecule has 0 aliphatic heterocycles. The van der Waals surface area contributed by atoms with Gasteiger partial charge in [-0.05, 0) is 83.4 Å². The second-order valence-electron chi connectivity index (χ2n) is 7.35. The van der Waals surface area contributed by atoms with Crippen LogP contribution in [-0.2, 0) is 4.79 Å². The zero-order valence-corrected chi connectivity index (χ0v) is 20.3. The maximum absolute atomic E-state index is 12.5. The van der Waals surface area contributed by atoms with Gasteiger partial charge in [0, 0.05) is 0 Å². The van der Waals surface area contributed by atoms with Gasteiger partial charge in [0.25, 0.3) is 0 Å². The van der Waals surface area contributed by atoms with Crippen LogP contribution in [0.5, 0.6) is 0 Å². The number of amides is 1. The van der Waals surface area contributed by atoms with Crippen LogP contribution >= 0.6 is 50.9 Å². The lowest BCUT2D eigenvalue weighted by Crippen LogP contribution is -2.15. The van der Waals surface area contributed by atoms with Gasteiger partial charge in [0.2, 0.25) is 10.6 Å². The fraction of sp³-hybridized carbons (Fsp3) is 0.286. The molecule has 30 heavy (non-hydrogen) atoms. The average Bonchev–Trinajstić information content (AvgIpc) is 3.47. The maximum Gasteiger partial charge on any atom is 0.234 e. The number of carbonyl (C=O) groups excluding carboxylic acids is 1. The third-order valence-corrected chi connectivity index (χ3v) is 6.92. The van der Waals surface area contributed by atoms with Crippen LogP contribution in [0.2, 0.25) is 10.0 Å². The number of aromatic nitrogens is 3. The molecule has 5 nitrogen and oxygen atoms in total. The van der Waals surface area contributed by atoms with Crippen LogP contribution in [0.15, 0.2) is 40.2 Å². The Kier molecular flexibility index (Phi) is 6.44. The van der Waals surface area contributed by atoms with Gasteiger partial charge < -0.3 is 5.32 Å². The first-order valence-corrected chi connectivity index (χ1v) is 12.0. The molecule has 1 aliphatic carbocycles. The number of carbonyl (C=O) groups is 1. The van der Waals surface area contributed by atoms with Crippen molar-refractivity contribution in [2.45, 2.75) is 37.8 Å². The Labute approximate surface area is 197 Å². The number of anilines is 1. The SMILES string of the molecule is Cc1ccc(NC(=O)CSc2nnc(Br)n2-c2c(C)cc(C3CC3)cc2Cl)c(Cl)c1. The number of hydrogen-bond donors (Lipinski definition) is 1. The van der Waals surface area contributed by atoms with Crippen molar-refractivity contribution in [3.05, 3.63) is 61.8 Å². The summed E-state index contributed by atoms with van der Waals surface area (Å²) in [5.41, 5.74) is 4.76. The third-order valence-electron chi connectivity index (χ3n) is 4.87. The van der Waals surface area contributed by atoms with Gasteiger partial charge in [-0.3, -0.25) is 9.36 Å². The van der Waals surface area contributed by atoms with E-state index in [2.05, 4.69) is 37.5 Å². The Morgan fingerprint density at radius 1 is 1.20 bits per heavy atom. The largest absolute Gasteiger partial charge is 0.324 e. The van der Waals surface area contributed by atoms with Crippen molar-refractivity contribution in [1.29, 1.82) is 0 Å². The summed E-state index contributed by atoms with van der Waals surface area (Å²) in [7, 11) is 0. The fourth-order valence-electron chi connectivity index (χ4n) is 3.27. The Morgan fingerprint density at radius 2 is 1.97 bits per heavy atom. The highest BCUT2D eigenvalue weighted by Crippen LogP contribution is 2.43. The van der Waals surface area contributed by atoms with E-state index in [9.17, 15) is 4.79 Å². The lowest BCUT2D eigenvalue weighted by atomic mass is 10.1. The van der Waals surface area contributed by atoms with Gasteiger partial charge >= 0.3 is 0 Å². The van der Waals surface area contributed by atoms with Crippen molar-refractivity contribution in [2.24, 2.45) is 0 Å². The molecule has 2 aromatic carbocycles. The van der Waals surface area contributed by atoms with Crippen molar-refractivity contribution in [1.82, 2.24) is 14.8 Å². The Hall–Kier alpha value is -1.54. The van der Waals surface area contributed by atoms with Crippen LogP contribution in [-0.4, -0.2) is 26.4 Å². The van der Waals surface area contributed by atoms with Crippen LogP contribution < -0.4 is 5.32 Å². The Bertz CT molecular complexity index is 1110. The molecule has 0 unspecified atom stereocenters. The van der Waals surface area contributed by atoms with Crippen LogP contribution in [0, 0.1) is 13.8 Å². The number of halogens is 3. The Balaban J connectivity index is 1.52. The number of hydrogen-bond acceptors (Lipinski definition) is 4. The highest BCUT2D eigenvalue weighted by atomic mass is 79.9. The molecule has 0 spiro atoms. The van der Waals surface area contributed by atoms with Crippen LogP contribution in [0.3, 0.4) is 0 Å². The van der Waals surface area contributed by atoms with Gasteiger partial charge in [-0.2, -0.15) is 0 Å². The molecule has 0 bridgehead atoms. The summed E-state index contributed by atoms with van der Waals surface area (Å²) in [6.45, 7) is 3.97. The molecule has 0 radical (unpaired) electrons. The lowest BCUT2D eigenvalue weighted by Gasteiger charge is -2.14. The van der Waals surface area contributed by atoms with Crippen molar-refractivity contribution in [3.8, 4) is 5.69 Å². The zero-order chi connectivity index (χ0) is 21.4. The topological polar surface area (TPSA) is 59.8 Å². The highest BCUT2D eigenvalue weighted by Gasteiger charge is 2.26. The zero-order valence-electron chi connectivity index (χ0n) is 16.4. The van der Waals surface area contributed by atoms with Crippen molar-refractivity contribution in [2.75, 3.05) is 11.1 Å². The number of nitrogens with one attached hydrogen (secondary N) is 1. The summed E-state index contributed by atoms with van der Waals surface area (Å²) >= 11 is 17.6. The second kappa shape index (κ2) is 8.91. The molecule has 1 N–H and O–H groups in total. The van der Waals surface area contributed by atoms with Gasteiger partial charge in [-0.15, -0.1) is 10.2 Å². The molecular weight excluding hydrogens is 507 g/mol. The molecule has 3 aromatic rings. The summed E-state index contributed by atoms with van der Waals surface area (Å²) in [4.78, 5) is 12.5. The van der Waals surface area contributed by atoms with E-state index >= 15 is 0 Å². The normalized spacial score (nSPS) is 13.5. The molecule has 1 saturated carbocycles. The van der Waals surface area contributed by atoms with Gasteiger partial charge in [0.15, 0.2) is 5.16 Å². The molecule has 156 valence electrons. The summed E-state index contributed by atoms with van der Waals surface area (Å²) in [5, 5.41) is 12.9. The van der Waals surface area contributed by atoms with Crippen molar-refractivity contribution < 1.29 is 4.79 Å². The molecule has 0 atom stereocenters. The van der Waals surface area contributed by atoms with E-state index < -0.39 is 0 Å². The number of thioether (sulfide) groups is 1.